The molecule has 0 spiro atoms. The van der Waals surface area contributed by atoms with Gasteiger partial charge in [0.2, 0.25) is 0 Å². The summed E-state index contributed by atoms with van der Waals surface area (Å²) in [6.45, 7) is 2.35. The second kappa shape index (κ2) is 7.04. The average molecular weight is 281 g/mol. The van der Waals surface area contributed by atoms with Gasteiger partial charge in [0.05, 0.1) is 7.11 Å². The van der Waals surface area contributed by atoms with Crippen molar-refractivity contribution in [3.63, 3.8) is 0 Å². The summed E-state index contributed by atoms with van der Waals surface area (Å²) in [5.41, 5.74) is 0.938. The maximum Gasteiger partial charge on any atom is 0.165 e. The molecule has 1 aromatic rings. The Morgan fingerprint density at radius 2 is 2.05 bits per heavy atom. The molecule has 20 heavy (non-hydrogen) atoms. The summed E-state index contributed by atoms with van der Waals surface area (Å²) in [7, 11) is 1.47. The first kappa shape index (κ1) is 15.3. The smallest absolute Gasteiger partial charge is 0.165 e. The number of hydrogen-bond donors (Lipinski definition) is 2. The lowest BCUT2D eigenvalue weighted by Crippen LogP contribution is -2.35. The fraction of sp³-hybridized carbons (Fsp3) is 0.625. The first-order valence-corrected chi connectivity index (χ1v) is 7.34. The zero-order valence-electron chi connectivity index (χ0n) is 12.2. The molecule has 112 valence electrons. The van der Waals surface area contributed by atoms with Crippen LogP contribution in [0.3, 0.4) is 0 Å². The second-order valence-corrected chi connectivity index (χ2v) is 5.68. The van der Waals surface area contributed by atoms with Crippen LogP contribution in [0.5, 0.6) is 5.75 Å². The van der Waals surface area contributed by atoms with E-state index in [-0.39, 0.29) is 17.6 Å². The third-order valence-electron chi connectivity index (χ3n) is 4.27. The van der Waals surface area contributed by atoms with Crippen molar-refractivity contribution in [1.29, 1.82) is 0 Å². The van der Waals surface area contributed by atoms with Crippen LogP contribution in [0, 0.1) is 11.7 Å². The van der Waals surface area contributed by atoms with Crippen LogP contribution in [0.1, 0.15) is 44.2 Å². The van der Waals surface area contributed by atoms with Gasteiger partial charge in [-0.25, -0.2) is 4.39 Å². The number of aliphatic hydroxyl groups excluding tert-OH is 1. The number of methoxy groups -OCH3 is 1. The maximum atomic E-state index is 13.7. The first-order chi connectivity index (χ1) is 9.63. The van der Waals surface area contributed by atoms with E-state index in [1.165, 1.54) is 13.2 Å². The van der Waals surface area contributed by atoms with Gasteiger partial charge in [-0.3, -0.25) is 0 Å². The lowest BCUT2D eigenvalue weighted by molar-refractivity contribution is 0.172. The molecule has 1 fully saturated rings. The van der Waals surface area contributed by atoms with Crippen LogP contribution in [-0.4, -0.2) is 24.9 Å². The summed E-state index contributed by atoms with van der Waals surface area (Å²) in [4.78, 5) is 0. The lowest BCUT2D eigenvalue weighted by atomic mass is 9.86. The van der Waals surface area contributed by atoms with E-state index in [1.54, 1.807) is 6.07 Å². The number of hydrogen-bond acceptors (Lipinski definition) is 3. The number of halogens is 1. The normalized spacial score (nSPS) is 24.4. The third kappa shape index (κ3) is 3.70. The van der Waals surface area contributed by atoms with Crippen LogP contribution < -0.4 is 10.1 Å². The summed E-state index contributed by atoms with van der Waals surface area (Å²) in [6, 6.07) is 5.68. The average Bonchev–Trinajstić information content (AvgIpc) is 2.48. The van der Waals surface area contributed by atoms with E-state index in [4.69, 9.17) is 9.84 Å². The van der Waals surface area contributed by atoms with Crippen molar-refractivity contribution in [2.75, 3.05) is 13.7 Å². The Labute approximate surface area is 120 Å². The fourth-order valence-corrected chi connectivity index (χ4v) is 2.91. The molecule has 1 aliphatic carbocycles. The van der Waals surface area contributed by atoms with Crippen molar-refractivity contribution in [1.82, 2.24) is 5.32 Å². The predicted molar refractivity (Wildman–Crippen MR) is 77.3 cm³/mol. The number of ether oxygens (including phenoxy) is 1. The molecule has 3 nitrogen and oxygen atoms in total. The maximum absolute atomic E-state index is 13.7. The molecule has 0 saturated heterocycles. The highest BCUT2D eigenvalue weighted by Crippen LogP contribution is 2.27. The van der Waals surface area contributed by atoms with Crippen LogP contribution in [0.4, 0.5) is 4.39 Å². The lowest BCUT2D eigenvalue weighted by Gasteiger charge is -2.30. The number of nitrogens with one attached hydrogen (secondary N) is 1. The van der Waals surface area contributed by atoms with Crippen molar-refractivity contribution in [2.45, 2.75) is 44.7 Å². The molecule has 0 amide bonds. The summed E-state index contributed by atoms with van der Waals surface area (Å²) >= 11 is 0. The minimum Gasteiger partial charge on any atom is -0.494 e. The highest BCUT2D eigenvalue weighted by atomic mass is 19.1. The highest BCUT2D eigenvalue weighted by Gasteiger charge is 2.22. The molecule has 0 heterocycles. The molecular formula is C16H24FNO2. The minimum absolute atomic E-state index is 0.117. The molecule has 1 aliphatic rings. The first-order valence-electron chi connectivity index (χ1n) is 7.34. The zero-order valence-corrected chi connectivity index (χ0v) is 12.2. The molecule has 4 heteroatoms. The van der Waals surface area contributed by atoms with E-state index < -0.39 is 0 Å². The van der Waals surface area contributed by atoms with Gasteiger partial charge < -0.3 is 15.2 Å². The standard InChI is InChI=1S/C16H24FNO2/c1-11(13-5-8-16(20-2)15(17)9-13)18-14-6-3-12(10-19)4-7-14/h5,8-9,11-12,14,18-19H,3-4,6-7,10H2,1-2H3. The van der Waals surface area contributed by atoms with E-state index in [1.807, 2.05) is 6.07 Å². The largest absolute Gasteiger partial charge is 0.494 e. The third-order valence-corrected chi connectivity index (χ3v) is 4.27. The quantitative estimate of drug-likeness (QED) is 0.871. The molecule has 2 N–H and O–H groups in total. The minimum atomic E-state index is -0.317. The van der Waals surface area contributed by atoms with Gasteiger partial charge in [-0.1, -0.05) is 6.07 Å². The van der Waals surface area contributed by atoms with Crippen LogP contribution in [0.2, 0.25) is 0 Å². The Balaban J connectivity index is 1.91. The number of aliphatic hydroxyl groups is 1. The molecule has 1 atom stereocenters. The van der Waals surface area contributed by atoms with Crippen LogP contribution in [-0.2, 0) is 0 Å². The molecular weight excluding hydrogens is 257 g/mol. The summed E-state index contributed by atoms with van der Waals surface area (Å²) in [6.07, 6.45) is 4.29. The van der Waals surface area contributed by atoms with Crippen molar-refractivity contribution >= 4 is 0 Å². The zero-order chi connectivity index (χ0) is 14.5. The molecule has 0 radical (unpaired) electrons. The molecule has 1 unspecified atom stereocenters. The summed E-state index contributed by atoms with van der Waals surface area (Å²) < 4.78 is 18.6. The number of benzene rings is 1. The summed E-state index contributed by atoms with van der Waals surface area (Å²) in [5.74, 6) is 0.425. The molecule has 0 aromatic heterocycles. The van der Waals surface area contributed by atoms with Gasteiger partial charge in [0, 0.05) is 18.7 Å². The molecule has 1 saturated carbocycles. The monoisotopic (exact) mass is 281 g/mol. The molecule has 2 rings (SSSR count). The van der Waals surface area contributed by atoms with E-state index in [0.717, 1.165) is 31.2 Å². The van der Waals surface area contributed by atoms with Gasteiger partial charge in [-0.15, -0.1) is 0 Å². The van der Waals surface area contributed by atoms with Crippen LogP contribution >= 0.6 is 0 Å². The Bertz CT molecular complexity index is 430. The van der Waals surface area contributed by atoms with Gasteiger partial charge in [0.1, 0.15) is 0 Å². The Morgan fingerprint density at radius 1 is 1.35 bits per heavy atom. The van der Waals surface area contributed by atoms with Crippen molar-refractivity contribution in [3.8, 4) is 5.75 Å². The van der Waals surface area contributed by atoms with E-state index in [0.29, 0.717) is 18.6 Å². The van der Waals surface area contributed by atoms with Gasteiger partial charge in [-0.2, -0.15) is 0 Å². The van der Waals surface area contributed by atoms with Crippen molar-refractivity contribution < 1.29 is 14.2 Å². The highest BCUT2D eigenvalue weighted by molar-refractivity contribution is 5.30. The Hall–Kier alpha value is -1.13. The summed E-state index contributed by atoms with van der Waals surface area (Å²) in [5, 5.41) is 12.7. The van der Waals surface area contributed by atoms with E-state index in [2.05, 4.69) is 12.2 Å². The van der Waals surface area contributed by atoms with Gasteiger partial charge in [-0.05, 0) is 56.2 Å². The Kier molecular flexibility index (Phi) is 5.38. The fourth-order valence-electron chi connectivity index (χ4n) is 2.91. The van der Waals surface area contributed by atoms with Crippen LogP contribution in [0.15, 0.2) is 18.2 Å². The van der Waals surface area contributed by atoms with Gasteiger partial charge in [0.25, 0.3) is 0 Å². The Morgan fingerprint density at radius 3 is 2.60 bits per heavy atom. The topological polar surface area (TPSA) is 41.5 Å². The van der Waals surface area contributed by atoms with E-state index in [9.17, 15) is 4.39 Å². The van der Waals surface area contributed by atoms with E-state index >= 15 is 0 Å². The van der Waals surface area contributed by atoms with Crippen LogP contribution in [0.25, 0.3) is 0 Å². The molecule has 1 aromatic carbocycles. The van der Waals surface area contributed by atoms with Gasteiger partial charge >= 0.3 is 0 Å². The number of rotatable bonds is 5. The molecule has 0 bridgehead atoms. The molecule has 0 aliphatic heterocycles. The van der Waals surface area contributed by atoms with Crippen molar-refractivity contribution in [2.24, 2.45) is 5.92 Å². The SMILES string of the molecule is COc1ccc(C(C)NC2CCC(CO)CC2)cc1F. The predicted octanol–water partition coefficient (Wildman–Crippen LogP) is 3.04. The van der Waals surface area contributed by atoms with Gasteiger partial charge in [0.15, 0.2) is 11.6 Å². The second-order valence-electron chi connectivity index (χ2n) is 5.68. The van der Waals surface area contributed by atoms with Crippen molar-refractivity contribution in [3.05, 3.63) is 29.6 Å².